The van der Waals surface area contributed by atoms with Gasteiger partial charge in [-0.25, -0.2) is 0 Å². The van der Waals surface area contributed by atoms with E-state index in [0.717, 1.165) is 26.4 Å². The van der Waals surface area contributed by atoms with Gasteiger partial charge in [0.05, 0.1) is 7.11 Å². The highest BCUT2D eigenvalue weighted by Gasteiger charge is 2.11. The molecule has 0 bridgehead atoms. The van der Waals surface area contributed by atoms with Gasteiger partial charge in [-0.15, -0.1) is 0 Å². The number of hydrogen-bond donors (Lipinski definition) is 2. The van der Waals surface area contributed by atoms with Crippen LogP contribution in [0.15, 0.2) is 0 Å². The summed E-state index contributed by atoms with van der Waals surface area (Å²) in [6, 6.07) is 0. The van der Waals surface area contributed by atoms with Crippen LogP contribution in [0.2, 0.25) is 0 Å². The lowest BCUT2D eigenvalue weighted by molar-refractivity contribution is -0.143. The summed E-state index contributed by atoms with van der Waals surface area (Å²) >= 11 is 1.51. The zero-order valence-corrected chi connectivity index (χ0v) is 23.4. The van der Waals surface area contributed by atoms with Gasteiger partial charge in [0.25, 0.3) is 6.47 Å². The van der Waals surface area contributed by atoms with E-state index in [1.54, 1.807) is 0 Å². The minimum Gasteiger partial charge on any atom is -0.468 e. The number of carbonyl (C=O) groups excluding carboxylic acids is 4. The molecule has 0 aromatic rings. The lowest BCUT2D eigenvalue weighted by Gasteiger charge is -2.14. The molecule has 10 heteroatoms. The topological polar surface area (TPSA) is 128 Å². The van der Waals surface area contributed by atoms with Crippen LogP contribution in [0.3, 0.4) is 0 Å². The standard InChI is InChI=1S/C25H45NO7S.CH4O/c1-3-4-5-6-7-8-9-10-11-13-22(33-21-27)14-12-15-24(29)32-17-19-34-18-16-23(28)26-20-25(30)31-2;1-2/h21-22H,3-20H2,1-2H3,(H,26,28);2H,1H3. The number of ether oxygens (including phenoxy) is 3. The third-order valence-corrected chi connectivity index (χ3v) is 6.35. The van der Waals surface area contributed by atoms with E-state index in [0.29, 0.717) is 43.8 Å². The Hall–Kier alpha value is -1.81. The monoisotopic (exact) mass is 535 g/mol. The Morgan fingerprint density at radius 2 is 1.47 bits per heavy atom. The highest BCUT2D eigenvalue weighted by atomic mass is 32.2. The fourth-order valence-electron chi connectivity index (χ4n) is 3.40. The van der Waals surface area contributed by atoms with Gasteiger partial charge in [-0.05, 0) is 25.7 Å². The molecule has 1 atom stereocenters. The van der Waals surface area contributed by atoms with Crippen molar-refractivity contribution < 1.29 is 38.5 Å². The zero-order valence-electron chi connectivity index (χ0n) is 22.6. The molecule has 0 heterocycles. The second-order valence-electron chi connectivity index (χ2n) is 8.30. The Morgan fingerprint density at radius 3 is 2.08 bits per heavy atom. The van der Waals surface area contributed by atoms with Crippen LogP contribution >= 0.6 is 11.8 Å². The lowest BCUT2D eigenvalue weighted by atomic mass is 10.0. The summed E-state index contributed by atoms with van der Waals surface area (Å²) in [6.07, 6.45) is 13.9. The van der Waals surface area contributed by atoms with Gasteiger partial charge in [0.2, 0.25) is 5.91 Å². The third kappa shape index (κ3) is 26.8. The molecule has 2 N–H and O–H groups in total. The van der Waals surface area contributed by atoms with Crippen molar-refractivity contribution in [3.8, 4) is 0 Å². The number of aliphatic hydroxyl groups is 1. The summed E-state index contributed by atoms with van der Waals surface area (Å²) in [5, 5.41) is 9.47. The molecular formula is C26H49NO8S. The molecule has 1 unspecified atom stereocenters. The number of hydrogen-bond acceptors (Lipinski definition) is 9. The van der Waals surface area contributed by atoms with Crippen molar-refractivity contribution in [1.82, 2.24) is 5.32 Å². The second kappa shape index (κ2) is 29.4. The Labute approximate surface area is 221 Å². The van der Waals surface area contributed by atoms with Crippen LogP contribution in [0.1, 0.15) is 96.8 Å². The maximum atomic E-state index is 11.9. The minimum absolute atomic E-state index is 0.129. The molecule has 0 saturated heterocycles. The fraction of sp³-hybridized carbons (Fsp3) is 0.846. The quantitative estimate of drug-likeness (QED) is 0.0809. The van der Waals surface area contributed by atoms with Crippen LogP contribution < -0.4 is 5.32 Å². The van der Waals surface area contributed by atoms with Crippen LogP contribution in [0, 0.1) is 0 Å². The van der Waals surface area contributed by atoms with Gasteiger partial charge in [-0.1, -0.05) is 58.3 Å². The summed E-state index contributed by atoms with van der Waals surface area (Å²) in [5.41, 5.74) is 0. The molecule has 212 valence electrons. The third-order valence-electron chi connectivity index (χ3n) is 5.41. The van der Waals surface area contributed by atoms with Gasteiger partial charge in [0, 0.05) is 31.5 Å². The highest BCUT2D eigenvalue weighted by Crippen LogP contribution is 2.15. The van der Waals surface area contributed by atoms with Crippen molar-refractivity contribution in [3.63, 3.8) is 0 Å². The number of nitrogens with one attached hydrogen (secondary N) is 1. The van der Waals surface area contributed by atoms with E-state index in [1.807, 2.05) is 0 Å². The van der Waals surface area contributed by atoms with Gasteiger partial charge in [0.1, 0.15) is 19.3 Å². The molecule has 0 aliphatic heterocycles. The molecule has 0 spiro atoms. The largest absolute Gasteiger partial charge is 0.468 e. The summed E-state index contributed by atoms with van der Waals surface area (Å²) in [4.78, 5) is 45.1. The predicted octanol–water partition coefficient (Wildman–Crippen LogP) is 4.18. The van der Waals surface area contributed by atoms with Gasteiger partial charge < -0.3 is 24.6 Å². The molecule has 0 aliphatic rings. The van der Waals surface area contributed by atoms with Gasteiger partial charge in [-0.3, -0.25) is 19.2 Å². The first-order valence-corrected chi connectivity index (χ1v) is 14.3. The molecule has 36 heavy (non-hydrogen) atoms. The van der Waals surface area contributed by atoms with Crippen molar-refractivity contribution in [3.05, 3.63) is 0 Å². The van der Waals surface area contributed by atoms with E-state index >= 15 is 0 Å². The van der Waals surface area contributed by atoms with Crippen LogP contribution in [0.25, 0.3) is 0 Å². The Morgan fingerprint density at radius 1 is 0.861 bits per heavy atom. The average Bonchev–Trinajstić information content (AvgIpc) is 2.89. The number of rotatable bonds is 24. The van der Waals surface area contributed by atoms with Crippen LogP contribution in [-0.2, 0) is 33.4 Å². The SMILES string of the molecule is CCCCCCCCCCCC(CCCC(=O)OCCSCCC(=O)NCC(=O)OC)OC=O.CO. The van der Waals surface area contributed by atoms with Crippen LogP contribution in [-0.4, -0.2) is 74.4 Å². The number of unbranched alkanes of at least 4 members (excludes halogenated alkanes) is 8. The number of thioether (sulfide) groups is 1. The number of carbonyl (C=O) groups is 4. The van der Waals surface area contributed by atoms with Gasteiger partial charge in [-0.2, -0.15) is 11.8 Å². The zero-order chi connectivity index (χ0) is 27.3. The van der Waals surface area contributed by atoms with Crippen molar-refractivity contribution in [2.45, 2.75) is 103 Å². The Bertz CT molecular complexity index is 548. The van der Waals surface area contributed by atoms with Crippen LogP contribution in [0.5, 0.6) is 0 Å². The summed E-state index contributed by atoms with van der Waals surface area (Å²) in [7, 11) is 2.27. The van der Waals surface area contributed by atoms with E-state index < -0.39 is 5.97 Å². The number of esters is 2. The van der Waals surface area contributed by atoms with Crippen molar-refractivity contribution >= 4 is 36.1 Å². The van der Waals surface area contributed by atoms with E-state index in [9.17, 15) is 19.2 Å². The first-order chi connectivity index (χ1) is 17.5. The number of aliphatic hydroxyl groups excluding tert-OH is 1. The summed E-state index contributed by atoms with van der Waals surface area (Å²) in [6.45, 7) is 2.89. The van der Waals surface area contributed by atoms with E-state index in [2.05, 4.69) is 17.0 Å². The number of amides is 1. The minimum atomic E-state index is -0.486. The Kier molecular flexibility index (Phi) is 29.7. The highest BCUT2D eigenvalue weighted by molar-refractivity contribution is 7.99. The maximum Gasteiger partial charge on any atom is 0.325 e. The summed E-state index contributed by atoms with van der Waals surface area (Å²) in [5.74, 6) is 0.216. The van der Waals surface area contributed by atoms with Crippen LogP contribution in [0.4, 0.5) is 0 Å². The van der Waals surface area contributed by atoms with Gasteiger partial charge in [0.15, 0.2) is 0 Å². The van der Waals surface area contributed by atoms with Crippen molar-refractivity contribution in [1.29, 1.82) is 0 Å². The molecule has 0 radical (unpaired) electrons. The van der Waals surface area contributed by atoms with Crippen molar-refractivity contribution in [2.24, 2.45) is 0 Å². The first-order valence-electron chi connectivity index (χ1n) is 13.1. The molecular weight excluding hydrogens is 486 g/mol. The molecule has 9 nitrogen and oxygen atoms in total. The molecule has 0 aromatic carbocycles. The smallest absolute Gasteiger partial charge is 0.325 e. The Balaban J connectivity index is 0. The predicted molar refractivity (Wildman–Crippen MR) is 143 cm³/mol. The molecule has 1 amide bonds. The molecule has 0 rings (SSSR count). The van der Waals surface area contributed by atoms with Crippen molar-refractivity contribution in [2.75, 3.05) is 38.9 Å². The molecule has 0 aliphatic carbocycles. The molecule has 0 aromatic heterocycles. The first kappa shape index (κ1) is 36.3. The number of methoxy groups -OCH3 is 1. The van der Waals surface area contributed by atoms with Gasteiger partial charge >= 0.3 is 11.9 Å². The maximum absolute atomic E-state index is 11.9. The molecule has 0 fully saturated rings. The average molecular weight is 536 g/mol. The van der Waals surface area contributed by atoms with E-state index in [4.69, 9.17) is 14.6 Å². The lowest BCUT2D eigenvalue weighted by Crippen LogP contribution is -2.30. The van der Waals surface area contributed by atoms with E-state index in [1.165, 1.54) is 63.8 Å². The summed E-state index contributed by atoms with van der Waals surface area (Å²) < 4.78 is 14.8. The fourth-order valence-corrected chi connectivity index (χ4v) is 4.14. The van der Waals surface area contributed by atoms with E-state index in [-0.39, 0.29) is 30.9 Å². The second-order valence-corrected chi connectivity index (χ2v) is 9.52. The molecule has 0 saturated carbocycles. The normalized spacial score (nSPS) is 11.0.